The normalized spacial score (nSPS) is 16.7. The number of amides is 2. The first-order valence-electron chi connectivity index (χ1n) is 8.60. The summed E-state index contributed by atoms with van der Waals surface area (Å²) in [6.07, 6.45) is 0.998. The smallest absolute Gasteiger partial charge is 0.254 e. The molecule has 0 aromatic heterocycles. The highest BCUT2D eigenvalue weighted by molar-refractivity contribution is 5.97. The lowest BCUT2D eigenvalue weighted by Crippen LogP contribution is -2.48. The number of halogens is 1. The number of nitrogens with one attached hydrogen (secondary N) is 1. The fraction of sp³-hybridized carbons (Fsp3) is 0.300. The Labute approximate surface area is 160 Å². The maximum Gasteiger partial charge on any atom is 0.254 e. The molecule has 0 radical (unpaired) electrons. The van der Waals surface area contributed by atoms with Crippen LogP contribution in [0.1, 0.15) is 44.8 Å². The van der Waals surface area contributed by atoms with Crippen molar-refractivity contribution in [2.45, 2.75) is 19.4 Å². The average molecular weight is 374 g/mol. The quantitative estimate of drug-likeness (QED) is 0.864. The third kappa shape index (κ3) is 4.23. The van der Waals surface area contributed by atoms with Gasteiger partial charge in [-0.15, -0.1) is 12.4 Å². The predicted octanol–water partition coefficient (Wildman–Crippen LogP) is 2.56. The van der Waals surface area contributed by atoms with Gasteiger partial charge in [0.15, 0.2) is 0 Å². The second-order valence-electron chi connectivity index (χ2n) is 6.26. The minimum absolute atomic E-state index is 0. The van der Waals surface area contributed by atoms with E-state index >= 15 is 0 Å². The van der Waals surface area contributed by atoms with Gasteiger partial charge in [-0.3, -0.25) is 9.59 Å². The first kappa shape index (κ1) is 19.9. The van der Waals surface area contributed by atoms with Crippen LogP contribution in [0.2, 0.25) is 0 Å². The standard InChI is InChI=1S/C20H23N3O2.ClH/c1-2-14-3-5-15(6-4-14)18-13-22-11-12-23(18)20(25)17-9-7-16(8-10-17)19(21)24;/h3-10,18,22H,2,11-13H2,1H3,(H2,21,24);1H. The van der Waals surface area contributed by atoms with Crippen molar-refractivity contribution in [1.29, 1.82) is 0 Å². The van der Waals surface area contributed by atoms with Crippen LogP contribution >= 0.6 is 12.4 Å². The first-order chi connectivity index (χ1) is 12.1. The number of nitrogens with zero attached hydrogens (tertiary/aromatic N) is 1. The Bertz CT molecular complexity index is 760. The van der Waals surface area contributed by atoms with Crippen molar-refractivity contribution in [1.82, 2.24) is 10.2 Å². The van der Waals surface area contributed by atoms with Crippen molar-refractivity contribution in [2.24, 2.45) is 5.73 Å². The predicted molar refractivity (Wildman–Crippen MR) is 105 cm³/mol. The lowest BCUT2D eigenvalue weighted by atomic mass is 9.99. The van der Waals surface area contributed by atoms with Gasteiger partial charge in [-0.2, -0.15) is 0 Å². The Morgan fingerprint density at radius 3 is 2.27 bits per heavy atom. The fourth-order valence-electron chi connectivity index (χ4n) is 3.16. The molecular weight excluding hydrogens is 350 g/mol. The Hall–Kier alpha value is -2.37. The van der Waals surface area contributed by atoms with Gasteiger partial charge in [-0.25, -0.2) is 0 Å². The van der Waals surface area contributed by atoms with Gasteiger partial charge in [0.05, 0.1) is 6.04 Å². The Morgan fingerprint density at radius 1 is 1.08 bits per heavy atom. The van der Waals surface area contributed by atoms with E-state index in [1.54, 1.807) is 24.3 Å². The summed E-state index contributed by atoms with van der Waals surface area (Å²) >= 11 is 0. The molecule has 138 valence electrons. The zero-order valence-electron chi connectivity index (χ0n) is 14.8. The molecular formula is C20H24ClN3O2. The minimum atomic E-state index is -0.491. The van der Waals surface area contributed by atoms with Crippen LogP contribution < -0.4 is 11.1 Å². The Kier molecular flexibility index (Phi) is 6.77. The van der Waals surface area contributed by atoms with Gasteiger partial charge < -0.3 is 16.0 Å². The molecule has 3 rings (SSSR count). The Balaban J connectivity index is 0.00000243. The van der Waals surface area contributed by atoms with E-state index in [1.165, 1.54) is 5.56 Å². The molecule has 1 fully saturated rings. The van der Waals surface area contributed by atoms with Gasteiger partial charge in [-0.1, -0.05) is 31.2 Å². The molecule has 1 aliphatic rings. The van der Waals surface area contributed by atoms with Crippen LogP contribution in [-0.4, -0.2) is 36.3 Å². The van der Waals surface area contributed by atoms with Gasteiger partial charge >= 0.3 is 0 Å². The zero-order chi connectivity index (χ0) is 17.8. The molecule has 1 atom stereocenters. The molecule has 0 spiro atoms. The lowest BCUT2D eigenvalue weighted by molar-refractivity contribution is 0.0634. The second-order valence-corrected chi connectivity index (χ2v) is 6.26. The molecule has 1 aliphatic heterocycles. The summed E-state index contributed by atoms with van der Waals surface area (Å²) in [5.41, 5.74) is 8.66. The number of aryl methyl sites for hydroxylation is 1. The summed E-state index contributed by atoms with van der Waals surface area (Å²) in [4.78, 5) is 26.1. The van der Waals surface area contributed by atoms with Crippen molar-refractivity contribution >= 4 is 24.2 Å². The maximum absolute atomic E-state index is 13.0. The number of primary amides is 1. The number of benzene rings is 2. The van der Waals surface area contributed by atoms with E-state index in [2.05, 4.69) is 36.5 Å². The van der Waals surface area contributed by atoms with Gasteiger partial charge in [-0.05, 0) is 41.8 Å². The van der Waals surface area contributed by atoms with Crippen LogP contribution in [0.5, 0.6) is 0 Å². The minimum Gasteiger partial charge on any atom is -0.366 e. The van der Waals surface area contributed by atoms with Crippen molar-refractivity contribution in [2.75, 3.05) is 19.6 Å². The molecule has 0 aliphatic carbocycles. The number of carbonyl (C=O) groups is 2. The van der Waals surface area contributed by atoms with Crippen LogP contribution in [-0.2, 0) is 6.42 Å². The van der Waals surface area contributed by atoms with Crippen LogP contribution in [0.25, 0.3) is 0 Å². The molecule has 3 N–H and O–H groups in total. The van der Waals surface area contributed by atoms with E-state index < -0.39 is 5.91 Å². The maximum atomic E-state index is 13.0. The summed E-state index contributed by atoms with van der Waals surface area (Å²) < 4.78 is 0. The van der Waals surface area contributed by atoms with Crippen LogP contribution in [0.3, 0.4) is 0 Å². The van der Waals surface area contributed by atoms with Crippen molar-refractivity contribution in [3.63, 3.8) is 0 Å². The summed E-state index contributed by atoms with van der Waals surface area (Å²) in [7, 11) is 0. The van der Waals surface area contributed by atoms with Gasteiger partial charge in [0.25, 0.3) is 5.91 Å². The SMILES string of the molecule is CCc1ccc(C2CNCCN2C(=O)c2ccc(C(N)=O)cc2)cc1.Cl. The number of piperazine rings is 1. The topological polar surface area (TPSA) is 75.4 Å². The van der Waals surface area contributed by atoms with Crippen LogP contribution in [0, 0.1) is 0 Å². The zero-order valence-corrected chi connectivity index (χ0v) is 15.6. The van der Waals surface area contributed by atoms with Gasteiger partial charge in [0.2, 0.25) is 5.91 Å². The third-order valence-electron chi connectivity index (χ3n) is 4.69. The summed E-state index contributed by atoms with van der Waals surface area (Å²) in [5, 5.41) is 3.37. The number of hydrogen-bond donors (Lipinski definition) is 2. The molecule has 0 saturated carbocycles. The third-order valence-corrected chi connectivity index (χ3v) is 4.69. The van der Waals surface area contributed by atoms with E-state index in [4.69, 9.17) is 5.73 Å². The first-order valence-corrected chi connectivity index (χ1v) is 8.60. The molecule has 0 bridgehead atoms. The highest BCUT2D eigenvalue weighted by Crippen LogP contribution is 2.25. The number of hydrogen-bond acceptors (Lipinski definition) is 3. The molecule has 1 saturated heterocycles. The highest BCUT2D eigenvalue weighted by atomic mass is 35.5. The van der Waals surface area contributed by atoms with E-state index in [1.807, 2.05) is 4.90 Å². The number of rotatable bonds is 4. The summed E-state index contributed by atoms with van der Waals surface area (Å²) in [6, 6.07) is 15.0. The lowest BCUT2D eigenvalue weighted by Gasteiger charge is -2.36. The number of nitrogens with two attached hydrogens (primary N) is 1. The van der Waals surface area contributed by atoms with E-state index in [9.17, 15) is 9.59 Å². The molecule has 6 heteroatoms. The molecule has 1 unspecified atom stereocenters. The van der Waals surface area contributed by atoms with Crippen molar-refractivity contribution in [3.8, 4) is 0 Å². The molecule has 2 aromatic carbocycles. The van der Waals surface area contributed by atoms with Gasteiger partial charge in [0.1, 0.15) is 0 Å². The fourth-order valence-corrected chi connectivity index (χ4v) is 3.16. The second kappa shape index (κ2) is 8.83. The van der Waals surface area contributed by atoms with Crippen LogP contribution in [0.15, 0.2) is 48.5 Å². The van der Waals surface area contributed by atoms with Crippen molar-refractivity contribution < 1.29 is 9.59 Å². The average Bonchev–Trinajstić information content (AvgIpc) is 2.67. The molecule has 2 amide bonds. The van der Waals surface area contributed by atoms with E-state index in [0.717, 1.165) is 25.1 Å². The highest BCUT2D eigenvalue weighted by Gasteiger charge is 2.28. The summed E-state index contributed by atoms with van der Waals surface area (Å²) in [5.74, 6) is -0.517. The Morgan fingerprint density at radius 2 is 1.69 bits per heavy atom. The largest absolute Gasteiger partial charge is 0.366 e. The molecule has 5 nitrogen and oxygen atoms in total. The van der Waals surface area contributed by atoms with Gasteiger partial charge in [0, 0.05) is 30.8 Å². The monoisotopic (exact) mass is 373 g/mol. The number of carbonyl (C=O) groups excluding carboxylic acids is 2. The van der Waals surface area contributed by atoms with E-state index in [0.29, 0.717) is 17.7 Å². The van der Waals surface area contributed by atoms with E-state index in [-0.39, 0.29) is 24.4 Å². The van der Waals surface area contributed by atoms with Crippen molar-refractivity contribution in [3.05, 3.63) is 70.8 Å². The van der Waals surface area contributed by atoms with Crippen LogP contribution in [0.4, 0.5) is 0 Å². The molecule has 26 heavy (non-hydrogen) atoms. The summed E-state index contributed by atoms with van der Waals surface area (Å²) in [6.45, 7) is 4.28. The molecule has 1 heterocycles. The molecule has 2 aromatic rings.